The van der Waals surface area contributed by atoms with E-state index in [1.807, 2.05) is 13.0 Å². The first-order chi connectivity index (χ1) is 13.3. The average molecular weight is 383 g/mol. The van der Waals surface area contributed by atoms with Gasteiger partial charge in [0.1, 0.15) is 5.69 Å². The highest BCUT2D eigenvalue weighted by atomic mass is 16.6. The van der Waals surface area contributed by atoms with Crippen LogP contribution in [0.1, 0.15) is 43.0 Å². The number of primary amides is 1. The lowest BCUT2D eigenvalue weighted by Crippen LogP contribution is -2.32. The van der Waals surface area contributed by atoms with Crippen LogP contribution in [-0.4, -0.2) is 28.1 Å². The van der Waals surface area contributed by atoms with Crippen molar-refractivity contribution in [3.63, 3.8) is 0 Å². The Morgan fingerprint density at radius 1 is 1.25 bits per heavy atom. The van der Waals surface area contributed by atoms with Gasteiger partial charge in [0.05, 0.1) is 10.5 Å². The summed E-state index contributed by atoms with van der Waals surface area (Å²) < 4.78 is 0. The van der Waals surface area contributed by atoms with Gasteiger partial charge in [-0.25, -0.2) is 0 Å². The summed E-state index contributed by atoms with van der Waals surface area (Å²) in [4.78, 5) is 22.4. The molecule has 148 valence electrons. The molecule has 0 spiro atoms. The van der Waals surface area contributed by atoms with Gasteiger partial charge in [-0.1, -0.05) is 24.3 Å². The molecule has 1 saturated carbocycles. The number of anilines is 1. The molecular weight excluding hydrogens is 358 g/mol. The van der Waals surface area contributed by atoms with E-state index in [2.05, 4.69) is 5.32 Å². The van der Waals surface area contributed by atoms with Gasteiger partial charge in [-0.2, -0.15) is 0 Å². The summed E-state index contributed by atoms with van der Waals surface area (Å²) in [6.07, 6.45) is 3.22. The highest BCUT2D eigenvalue weighted by Crippen LogP contribution is 2.37. The van der Waals surface area contributed by atoms with Crippen LogP contribution in [-0.2, 0) is 0 Å². The first-order valence-corrected chi connectivity index (χ1v) is 9.41. The minimum Gasteiger partial charge on any atom is -0.390 e. The first-order valence-electron chi connectivity index (χ1n) is 9.41. The molecule has 1 aliphatic rings. The SMILES string of the molecule is CC1(O)CCC(CNc2c(-c3ccc(C(N)=O)cc3)cccc2[N+](=O)[O-])CC1. The molecule has 7 nitrogen and oxygen atoms in total. The summed E-state index contributed by atoms with van der Waals surface area (Å²) >= 11 is 0. The molecule has 1 amide bonds. The van der Waals surface area contributed by atoms with Crippen molar-refractivity contribution in [3.05, 3.63) is 58.1 Å². The number of rotatable bonds is 6. The molecule has 1 fully saturated rings. The lowest BCUT2D eigenvalue weighted by atomic mass is 9.80. The molecule has 0 radical (unpaired) electrons. The topological polar surface area (TPSA) is 118 Å². The molecule has 0 atom stereocenters. The highest BCUT2D eigenvalue weighted by molar-refractivity contribution is 5.94. The number of hydrogen-bond acceptors (Lipinski definition) is 5. The Labute approximate surface area is 163 Å². The zero-order chi connectivity index (χ0) is 20.3. The number of nitrogens with one attached hydrogen (secondary N) is 1. The second kappa shape index (κ2) is 7.98. The summed E-state index contributed by atoms with van der Waals surface area (Å²) in [6, 6.07) is 11.7. The number of nitro benzene ring substituents is 1. The van der Waals surface area contributed by atoms with Gasteiger partial charge in [-0.15, -0.1) is 0 Å². The number of amides is 1. The Hall–Kier alpha value is -2.93. The van der Waals surface area contributed by atoms with Crippen molar-refractivity contribution in [3.8, 4) is 11.1 Å². The van der Waals surface area contributed by atoms with E-state index in [-0.39, 0.29) is 5.69 Å². The number of aliphatic hydroxyl groups is 1. The fourth-order valence-corrected chi connectivity index (χ4v) is 3.68. The Balaban J connectivity index is 1.86. The predicted molar refractivity (Wildman–Crippen MR) is 108 cm³/mol. The van der Waals surface area contributed by atoms with Gasteiger partial charge in [-0.05, 0) is 56.2 Å². The zero-order valence-corrected chi connectivity index (χ0v) is 15.9. The Kier molecular flexibility index (Phi) is 5.65. The summed E-state index contributed by atoms with van der Waals surface area (Å²) in [6.45, 7) is 2.46. The van der Waals surface area contributed by atoms with Crippen LogP contribution < -0.4 is 11.1 Å². The second-order valence-electron chi connectivity index (χ2n) is 7.72. The molecular formula is C21H25N3O4. The molecule has 4 N–H and O–H groups in total. The minimum absolute atomic E-state index is 0.0132. The number of hydrogen-bond donors (Lipinski definition) is 3. The Bertz CT molecular complexity index is 868. The van der Waals surface area contributed by atoms with Crippen LogP contribution in [0, 0.1) is 16.0 Å². The number of nitro groups is 1. The molecule has 0 aliphatic heterocycles. The van der Waals surface area contributed by atoms with E-state index < -0.39 is 16.4 Å². The van der Waals surface area contributed by atoms with Crippen molar-refractivity contribution in [1.29, 1.82) is 0 Å². The van der Waals surface area contributed by atoms with Crippen LogP contribution in [0.5, 0.6) is 0 Å². The molecule has 28 heavy (non-hydrogen) atoms. The molecule has 1 aliphatic carbocycles. The largest absolute Gasteiger partial charge is 0.390 e. The highest BCUT2D eigenvalue weighted by Gasteiger charge is 2.29. The van der Waals surface area contributed by atoms with Crippen LogP contribution in [0.4, 0.5) is 11.4 Å². The Morgan fingerprint density at radius 2 is 1.89 bits per heavy atom. The molecule has 0 unspecified atom stereocenters. The number of benzene rings is 2. The van der Waals surface area contributed by atoms with E-state index in [0.29, 0.717) is 29.3 Å². The van der Waals surface area contributed by atoms with Crippen LogP contribution in [0.15, 0.2) is 42.5 Å². The van der Waals surface area contributed by atoms with Gasteiger partial charge < -0.3 is 16.2 Å². The third-order valence-corrected chi connectivity index (χ3v) is 5.47. The van der Waals surface area contributed by atoms with Crippen LogP contribution in [0.2, 0.25) is 0 Å². The number of carbonyl (C=O) groups excluding carboxylic acids is 1. The predicted octanol–water partition coefficient (Wildman–Crippen LogP) is 3.71. The second-order valence-corrected chi connectivity index (χ2v) is 7.72. The van der Waals surface area contributed by atoms with E-state index >= 15 is 0 Å². The number of para-hydroxylation sites is 1. The lowest BCUT2D eigenvalue weighted by Gasteiger charge is -2.33. The van der Waals surface area contributed by atoms with Gasteiger partial charge in [-0.3, -0.25) is 14.9 Å². The summed E-state index contributed by atoms with van der Waals surface area (Å²) in [5.74, 6) is -0.165. The molecule has 2 aromatic carbocycles. The van der Waals surface area contributed by atoms with Gasteiger partial charge >= 0.3 is 0 Å². The van der Waals surface area contributed by atoms with Gasteiger partial charge in [0.25, 0.3) is 5.69 Å². The van der Waals surface area contributed by atoms with Crippen molar-refractivity contribution in [2.45, 2.75) is 38.2 Å². The molecule has 2 aromatic rings. The number of carbonyl (C=O) groups is 1. The van der Waals surface area contributed by atoms with Gasteiger partial charge in [0.15, 0.2) is 0 Å². The Morgan fingerprint density at radius 3 is 2.46 bits per heavy atom. The van der Waals surface area contributed by atoms with Crippen LogP contribution >= 0.6 is 0 Å². The van der Waals surface area contributed by atoms with Crippen molar-refractivity contribution in [2.75, 3.05) is 11.9 Å². The maximum atomic E-state index is 11.6. The molecule has 0 heterocycles. The number of nitrogens with zero attached hydrogens (tertiary/aromatic N) is 1. The van der Waals surface area contributed by atoms with E-state index in [1.54, 1.807) is 30.3 Å². The lowest BCUT2D eigenvalue weighted by molar-refractivity contribution is -0.383. The van der Waals surface area contributed by atoms with Crippen LogP contribution in [0.25, 0.3) is 11.1 Å². The minimum atomic E-state index is -0.609. The average Bonchev–Trinajstić information content (AvgIpc) is 2.67. The van der Waals surface area contributed by atoms with E-state index in [1.165, 1.54) is 6.07 Å². The van der Waals surface area contributed by atoms with Crippen molar-refractivity contribution in [1.82, 2.24) is 0 Å². The smallest absolute Gasteiger partial charge is 0.292 e. The quantitative estimate of drug-likeness (QED) is 0.519. The number of nitrogens with two attached hydrogens (primary N) is 1. The maximum absolute atomic E-state index is 11.6. The van der Waals surface area contributed by atoms with Crippen molar-refractivity contribution < 1.29 is 14.8 Å². The molecule has 0 bridgehead atoms. The third-order valence-electron chi connectivity index (χ3n) is 5.47. The van der Waals surface area contributed by atoms with E-state index in [9.17, 15) is 20.0 Å². The van der Waals surface area contributed by atoms with E-state index in [0.717, 1.165) is 31.2 Å². The maximum Gasteiger partial charge on any atom is 0.292 e. The third kappa shape index (κ3) is 4.48. The fourth-order valence-electron chi connectivity index (χ4n) is 3.68. The molecule has 7 heteroatoms. The fraction of sp³-hybridized carbons (Fsp3) is 0.381. The monoisotopic (exact) mass is 383 g/mol. The first kappa shape index (κ1) is 19.8. The molecule has 0 saturated heterocycles. The van der Waals surface area contributed by atoms with Gasteiger partial charge in [0.2, 0.25) is 5.91 Å². The van der Waals surface area contributed by atoms with Gasteiger partial charge in [0, 0.05) is 23.7 Å². The molecule has 0 aromatic heterocycles. The summed E-state index contributed by atoms with van der Waals surface area (Å²) in [7, 11) is 0. The molecule has 3 rings (SSSR count). The summed E-state index contributed by atoms with van der Waals surface area (Å²) in [5.41, 5.74) is 7.02. The van der Waals surface area contributed by atoms with E-state index in [4.69, 9.17) is 5.73 Å². The van der Waals surface area contributed by atoms with Crippen molar-refractivity contribution >= 4 is 17.3 Å². The van der Waals surface area contributed by atoms with Crippen molar-refractivity contribution in [2.24, 2.45) is 11.7 Å². The zero-order valence-electron chi connectivity index (χ0n) is 15.9. The normalized spacial score (nSPS) is 21.9. The standard InChI is InChI=1S/C21H25N3O4/c1-21(26)11-9-14(10-12-21)13-23-19-17(3-2-4-18(19)24(27)28)15-5-7-16(8-6-15)20(22)25/h2-8,14,23,26H,9-13H2,1H3,(H2,22,25). The summed E-state index contributed by atoms with van der Waals surface area (Å²) in [5, 5.41) is 24.9. The van der Waals surface area contributed by atoms with Crippen LogP contribution in [0.3, 0.4) is 0 Å².